The summed E-state index contributed by atoms with van der Waals surface area (Å²) in [7, 11) is -2.08. The first-order valence-electron chi connectivity index (χ1n) is 5.49. The van der Waals surface area contributed by atoms with Crippen molar-refractivity contribution in [1.29, 1.82) is 0 Å². The molecule has 102 valence electrons. The van der Waals surface area contributed by atoms with Gasteiger partial charge in [-0.3, -0.25) is 5.10 Å². The van der Waals surface area contributed by atoms with Gasteiger partial charge in [0.25, 0.3) is 0 Å². The third-order valence-corrected chi connectivity index (χ3v) is 4.60. The SMILES string of the molecule is Cc1nc(CN(C)S(=O)(=O)c2ccc(Cl)cc2)n[nH]1. The number of benzene rings is 1. The van der Waals surface area contributed by atoms with Crippen LogP contribution < -0.4 is 0 Å². The Bertz CT molecular complexity index is 666. The van der Waals surface area contributed by atoms with Gasteiger partial charge in [0.2, 0.25) is 10.0 Å². The lowest BCUT2D eigenvalue weighted by Gasteiger charge is -2.15. The van der Waals surface area contributed by atoms with E-state index in [2.05, 4.69) is 15.2 Å². The number of aryl methyl sites for hydroxylation is 1. The highest BCUT2D eigenvalue weighted by atomic mass is 35.5. The van der Waals surface area contributed by atoms with Crippen LogP contribution in [0.3, 0.4) is 0 Å². The predicted octanol–water partition coefficient (Wildman–Crippen LogP) is 1.59. The van der Waals surface area contributed by atoms with Crippen LogP contribution in [0.1, 0.15) is 11.6 Å². The van der Waals surface area contributed by atoms with Gasteiger partial charge in [-0.25, -0.2) is 13.4 Å². The topological polar surface area (TPSA) is 79.0 Å². The van der Waals surface area contributed by atoms with Crippen LogP contribution in [0.4, 0.5) is 0 Å². The van der Waals surface area contributed by atoms with Crippen LogP contribution in [0.25, 0.3) is 0 Å². The number of halogens is 1. The quantitative estimate of drug-likeness (QED) is 0.930. The van der Waals surface area contributed by atoms with E-state index in [4.69, 9.17) is 11.6 Å². The molecule has 19 heavy (non-hydrogen) atoms. The summed E-state index contributed by atoms with van der Waals surface area (Å²) in [6.07, 6.45) is 0. The van der Waals surface area contributed by atoms with E-state index in [9.17, 15) is 8.42 Å². The second-order valence-corrected chi connectivity index (χ2v) is 6.53. The molecular formula is C11H13ClN4O2S. The summed E-state index contributed by atoms with van der Waals surface area (Å²) in [5.41, 5.74) is 0. The summed E-state index contributed by atoms with van der Waals surface area (Å²) >= 11 is 5.74. The van der Waals surface area contributed by atoms with Gasteiger partial charge in [-0.2, -0.15) is 9.40 Å². The van der Waals surface area contributed by atoms with Crippen LogP contribution in [-0.2, 0) is 16.6 Å². The number of aromatic amines is 1. The summed E-state index contributed by atoms with van der Waals surface area (Å²) < 4.78 is 25.7. The summed E-state index contributed by atoms with van der Waals surface area (Å²) in [4.78, 5) is 4.26. The van der Waals surface area contributed by atoms with Gasteiger partial charge in [-0.05, 0) is 31.2 Å². The van der Waals surface area contributed by atoms with Crippen LogP contribution in [0.15, 0.2) is 29.2 Å². The third kappa shape index (κ3) is 3.12. The minimum Gasteiger partial charge on any atom is -0.263 e. The summed E-state index contributed by atoms with van der Waals surface area (Å²) in [5.74, 6) is 1.07. The predicted molar refractivity (Wildman–Crippen MR) is 71.2 cm³/mol. The van der Waals surface area contributed by atoms with Crippen molar-refractivity contribution in [3.8, 4) is 0 Å². The molecule has 0 bridgehead atoms. The van der Waals surface area contributed by atoms with Gasteiger partial charge in [0, 0.05) is 12.1 Å². The fourth-order valence-electron chi connectivity index (χ4n) is 1.53. The molecule has 0 radical (unpaired) electrons. The first-order chi connectivity index (χ1) is 8.89. The normalized spacial score (nSPS) is 12.0. The molecule has 0 fully saturated rings. The van der Waals surface area contributed by atoms with Crippen LogP contribution in [0, 0.1) is 6.92 Å². The fourth-order valence-corrected chi connectivity index (χ4v) is 2.78. The van der Waals surface area contributed by atoms with Crippen molar-refractivity contribution < 1.29 is 8.42 Å². The average molecular weight is 301 g/mol. The van der Waals surface area contributed by atoms with Gasteiger partial charge in [0.1, 0.15) is 5.82 Å². The Kier molecular flexibility index (Phi) is 3.88. The van der Waals surface area contributed by atoms with Crippen LogP contribution >= 0.6 is 11.6 Å². The second-order valence-electron chi connectivity index (χ2n) is 4.05. The molecule has 6 nitrogen and oxygen atoms in total. The zero-order valence-corrected chi connectivity index (χ0v) is 12.0. The highest BCUT2D eigenvalue weighted by molar-refractivity contribution is 7.89. The molecule has 0 unspecified atom stereocenters. The van der Waals surface area contributed by atoms with Crippen molar-refractivity contribution in [2.45, 2.75) is 18.4 Å². The van der Waals surface area contributed by atoms with Crippen molar-refractivity contribution >= 4 is 21.6 Å². The zero-order valence-electron chi connectivity index (χ0n) is 10.5. The lowest BCUT2D eigenvalue weighted by atomic mass is 10.4. The highest BCUT2D eigenvalue weighted by Crippen LogP contribution is 2.18. The average Bonchev–Trinajstić information content (AvgIpc) is 2.75. The van der Waals surface area contributed by atoms with Gasteiger partial charge in [-0.15, -0.1) is 0 Å². The molecule has 2 rings (SSSR count). The molecule has 1 heterocycles. The molecule has 0 aliphatic carbocycles. The lowest BCUT2D eigenvalue weighted by Crippen LogP contribution is -2.27. The van der Waals surface area contributed by atoms with E-state index in [1.165, 1.54) is 23.5 Å². The van der Waals surface area contributed by atoms with Crippen molar-refractivity contribution in [2.75, 3.05) is 7.05 Å². The Labute approximate surface area is 116 Å². The van der Waals surface area contributed by atoms with E-state index in [0.29, 0.717) is 16.7 Å². The Hall–Kier alpha value is -1.44. The maximum absolute atomic E-state index is 12.3. The number of H-pyrrole nitrogens is 1. The van der Waals surface area contributed by atoms with Crippen LogP contribution in [-0.4, -0.2) is 35.0 Å². The van der Waals surface area contributed by atoms with Crippen molar-refractivity contribution in [2.24, 2.45) is 0 Å². The molecule has 8 heteroatoms. The lowest BCUT2D eigenvalue weighted by molar-refractivity contribution is 0.457. The summed E-state index contributed by atoms with van der Waals surface area (Å²) in [5, 5.41) is 7.08. The molecular weight excluding hydrogens is 288 g/mol. The molecule has 0 atom stereocenters. The van der Waals surface area contributed by atoms with Crippen LogP contribution in [0.5, 0.6) is 0 Å². The number of rotatable bonds is 4. The largest absolute Gasteiger partial charge is 0.263 e. The van der Waals surface area contributed by atoms with Gasteiger partial charge in [-0.1, -0.05) is 11.6 Å². The number of nitrogens with zero attached hydrogens (tertiary/aromatic N) is 3. The molecule has 1 aromatic carbocycles. The van der Waals surface area contributed by atoms with E-state index in [0.717, 1.165) is 0 Å². The van der Waals surface area contributed by atoms with Crippen molar-refractivity contribution in [3.05, 3.63) is 40.9 Å². The van der Waals surface area contributed by atoms with Crippen molar-refractivity contribution in [1.82, 2.24) is 19.5 Å². The minimum atomic E-state index is -3.56. The number of sulfonamides is 1. The molecule has 0 aliphatic rings. The smallest absolute Gasteiger partial charge is 0.243 e. The number of hydrogen-bond acceptors (Lipinski definition) is 4. The summed E-state index contributed by atoms with van der Waals surface area (Å²) in [6.45, 7) is 1.86. The number of nitrogens with one attached hydrogen (secondary N) is 1. The Morgan fingerprint density at radius 1 is 1.32 bits per heavy atom. The Balaban J connectivity index is 2.21. The van der Waals surface area contributed by atoms with E-state index in [1.54, 1.807) is 19.1 Å². The standard InChI is InChI=1S/C11H13ClN4O2S/c1-8-13-11(15-14-8)7-16(2)19(17,18)10-5-3-9(12)4-6-10/h3-6H,7H2,1-2H3,(H,13,14,15). The number of hydrogen-bond donors (Lipinski definition) is 1. The van der Waals surface area contributed by atoms with Crippen molar-refractivity contribution in [3.63, 3.8) is 0 Å². The molecule has 0 saturated heterocycles. The maximum Gasteiger partial charge on any atom is 0.243 e. The highest BCUT2D eigenvalue weighted by Gasteiger charge is 2.21. The molecule has 2 aromatic rings. The monoisotopic (exact) mass is 300 g/mol. The minimum absolute atomic E-state index is 0.106. The maximum atomic E-state index is 12.3. The Morgan fingerprint density at radius 2 is 1.95 bits per heavy atom. The molecule has 0 saturated carbocycles. The summed E-state index contributed by atoms with van der Waals surface area (Å²) in [6, 6.07) is 6.02. The first-order valence-corrected chi connectivity index (χ1v) is 7.31. The number of aromatic nitrogens is 3. The Morgan fingerprint density at radius 3 is 2.47 bits per heavy atom. The van der Waals surface area contributed by atoms with E-state index < -0.39 is 10.0 Å². The van der Waals surface area contributed by atoms with E-state index in [-0.39, 0.29) is 11.4 Å². The van der Waals surface area contributed by atoms with Crippen LogP contribution in [0.2, 0.25) is 5.02 Å². The zero-order chi connectivity index (χ0) is 14.0. The molecule has 0 aliphatic heterocycles. The second kappa shape index (κ2) is 5.28. The van der Waals surface area contributed by atoms with E-state index in [1.807, 2.05) is 0 Å². The fraction of sp³-hybridized carbons (Fsp3) is 0.273. The van der Waals surface area contributed by atoms with Gasteiger partial charge >= 0.3 is 0 Å². The molecule has 0 spiro atoms. The molecule has 1 N–H and O–H groups in total. The molecule has 1 aromatic heterocycles. The molecule has 0 amide bonds. The first kappa shape index (κ1) is 14.0. The van der Waals surface area contributed by atoms with E-state index >= 15 is 0 Å². The van der Waals surface area contributed by atoms with Gasteiger partial charge in [0.05, 0.1) is 11.4 Å². The third-order valence-electron chi connectivity index (χ3n) is 2.53. The van der Waals surface area contributed by atoms with Gasteiger partial charge in [0.15, 0.2) is 5.82 Å². The van der Waals surface area contributed by atoms with Gasteiger partial charge < -0.3 is 0 Å².